The monoisotopic (exact) mass is 302 g/mol. The van der Waals surface area contributed by atoms with E-state index in [-0.39, 0.29) is 17.0 Å². The van der Waals surface area contributed by atoms with E-state index in [0.29, 0.717) is 40.6 Å². The van der Waals surface area contributed by atoms with E-state index >= 15 is 0 Å². The van der Waals surface area contributed by atoms with Gasteiger partial charge in [-0.25, -0.2) is 9.78 Å². The fourth-order valence-electron chi connectivity index (χ4n) is 2.96. The molecule has 4 rings (SSSR count). The number of phenolic OH excluding ortho intramolecular Hbond substituents is 2. The third-order valence-electron chi connectivity index (χ3n) is 4.01. The van der Waals surface area contributed by atoms with Crippen molar-refractivity contribution in [2.75, 3.05) is 18.0 Å². The van der Waals surface area contributed by atoms with Crippen molar-refractivity contribution in [1.82, 2.24) is 9.55 Å². The molecule has 114 valence electrons. The largest absolute Gasteiger partial charge is 0.505 e. The lowest BCUT2D eigenvalue weighted by atomic mass is 10.2. The Hall–Kier alpha value is -2.90. The summed E-state index contributed by atoms with van der Waals surface area (Å²) in [7, 11) is 0. The van der Waals surface area contributed by atoms with E-state index in [1.165, 1.54) is 0 Å². The number of hydrogen-bond donors (Lipinski definition) is 3. The van der Waals surface area contributed by atoms with Crippen molar-refractivity contribution in [2.24, 2.45) is 5.73 Å². The summed E-state index contributed by atoms with van der Waals surface area (Å²) in [5, 5.41) is 21.3. The fourth-order valence-corrected chi connectivity index (χ4v) is 2.96. The highest BCUT2D eigenvalue weighted by molar-refractivity contribution is 5.94. The van der Waals surface area contributed by atoms with E-state index < -0.39 is 6.09 Å². The van der Waals surface area contributed by atoms with Crippen molar-refractivity contribution in [3.63, 3.8) is 0 Å². The minimum Gasteiger partial charge on any atom is -0.505 e. The minimum atomic E-state index is -0.911. The van der Waals surface area contributed by atoms with Crippen LogP contribution in [0.2, 0.25) is 0 Å². The lowest BCUT2D eigenvalue weighted by Gasteiger charge is -2.10. The molecule has 4 N–H and O–H groups in total. The molecule has 2 aliphatic rings. The summed E-state index contributed by atoms with van der Waals surface area (Å²) in [5.41, 5.74) is 6.60. The van der Waals surface area contributed by atoms with Gasteiger partial charge >= 0.3 is 6.09 Å². The number of primary amides is 1. The van der Waals surface area contributed by atoms with Crippen molar-refractivity contribution in [2.45, 2.75) is 13.0 Å². The van der Waals surface area contributed by atoms with Crippen LogP contribution in [0.15, 0.2) is 0 Å². The number of aromatic nitrogens is 2. The fraction of sp³-hybridized carbons (Fsp3) is 0.286. The van der Waals surface area contributed by atoms with Gasteiger partial charge in [0.25, 0.3) is 0 Å². The number of benzene rings is 1. The van der Waals surface area contributed by atoms with Crippen LogP contribution in [-0.2, 0) is 11.3 Å². The first kappa shape index (κ1) is 12.8. The van der Waals surface area contributed by atoms with E-state index in [2.05, 4.69) is 11.6 Å². The van der Waals surface area contributed by atoms with Gasteiger partial charge in [-0.05, 0) is 0 Å². The summed E-state index contributed by atoms with van der Waals surface area (Å²) in [5.74, 6) is 0.297. The number of fused-ring (bicyclic) bond motifs is 3. The van der Waals surface area contributed by atoms with Crippen LogP contribution in [0.5, 0.6) is 11.5 Å². The first-order valence-electron chi connectivity index (χ1n) is 6.87. The van der Waals surface area contributed by atoms with Crippen LogP contribution in [0, 0.1) is 0 Å². The number of carbonyl (C=O) groups is 1. The minimum absolute atomic E-state index is 0.0179. The van der Waals surface area contributed by atoms with Gasteiger partial charge in [-0.15, -0.1) is 0 Å². The number of nitrogens with two attached hydrogens (primary N) is 1. The van der Waals surface area contributed by atoms with Crippen LogP contribution in [-0.4, -0.2) is 38.9 Å². The third-order valence-corrected chi connectivity index (χ3v) is 4.01. The van der Waals surface area contributed by atoms with Gasteiger partial charge in [0.05, 0.1) is 5.69 Å². The number of nitrogens with zero attached hydrogens (tertiary/aromatic N) is 3. The Morgan fingerprint density at radius 2 is 2.00 bits per heavy atom. The number of phenols is 2. The molecule has 1 saturated heterocycles. The number of imidazole rings is 1. The van der Waals surface area contributed by atoms with Crippen LogP contribution in [0.3, 0.4) is 0 Å². The molecule has 0 bridgehead atoms. The number of rotatable bonds is 2. The quantitative estimate of drug-likeness (QED) is 0.498. The molecule has 1 amide bonds. The maximum atomic E-state index is 10.9. The predicted molar refractivity (Wildman–Crippen MR) is 78.7 cm³/mol. The van der Waals surface area contributed by atoms with E-state index in [4.69, 9.17) is 10.5 Å². The van der Waals surface area contributed by atoms with E-state index in [1.807, 2.05) is 4.90 Å². The zero-order chi connectivity index (χ0) is 15.6. The summed E-state index contributed by atoms with van der Waals surface area (Å²) < 4.78 is 6.65. The predicted octanol–water partition coefficient (Wildman–Crippen LogP) is -0.715. The van der Waals surface area contributed by atoms with Crippen molar-refractivity contribution in [1.29, 1.82) is 0 Å². The molecule has 0 aliphatic carbocycles. The first-order chi connectivity index (χ1) is 10.5. The number of anilines is 1. The zero-order valence-corrected chi connectivity index (χ0v) is 11.7. The normalized spacial score (nSPS) is 16.2. The Morgan fingerprint density at radius 1 is 1.27 bits per heavy atom. The zero-order valence-electron chi connectivity index (χ0n) is 11.7. The van der Waals surface area contributed by atoms with Crippen molar-refractivity contribution < 1.29 is 19.7 Å². The lowest BCUT2D eigenvalue weighted by Crippen LogP contribution is -2.19. The van der Waals surface area contributed by atoms with Crippen molar-refractivity contribution >= 4 is 35.2 Å². The second-order valence-corrected chi connectivity index (χ2v) is 5.39. The molecule has 0 saturated carbocycles. The maximum Gasteiger partial charge on any atom is 0.409 e. The van der Waals surface area contributed by atoms with E-state index in [0.717, 1.165) is 13.1 Å². The number of amides is 1. The van der Waals surface area contributed by atoms with Gasteiger partial charge < -0.3 is 30.2 Å². The van der Waals surface area contributed by atoms with Crippen LogP contribution < -0.4 is 21.3 Å². The van der Waals surface area contributed by atoms with Gasteiger partial charge in [-0.3, -0.25) is 0 Å². The van der Waals surface area contributed by atoms with Gasteiger partial charge in [-0.2, -0.15) is 0 Å². The Labute approximate surface area is 124 Å². The summed E-state index contributed by atoms with van der Waals surface area (Å²) in [6.45, 7) is 5.94. The van der Waals surface area contributed by atoms with E-state index in [1.54, 1.807) is 4.57 Å². The molecule has 3 heterocycles. The maximum absolute atomic E-state index is 10.9. The van der Waals surface area contributed by atoms with Gasteiger partial charge in [0.2, 0.25) is 0 Å². The topological polar surface area (TPSA) is 114 Å². The van der Waals surface area contributed by atoms with Crippen molar-refractivity contribution in [3.05, 3.63) is 10.7 Å². The number of ether oxygens (including phenoxy) is 1. The molecular formula is C14H14N4O4. The molecule has 0 radical (unpaired) electrons. The molecule has 0 atom stereocenters. The van der Waals surface area contributed by atoms with Crippen LogP contribution in [0.1, 0.15) is 6.42 Å². The summed E-state index contributed by atoms with van der Waals surface area (Å²) in [4.78, 5) is 17.2. The first-order valence-corrected chi connectivity index (χ1v) is 6.87. The SMILES string of the molecule is C=c1c(N2CC2)c(O)c2nc3n(c2c1O)CCC=3OC(N)=O. The van der Waals surface area contributed by atoms with Crippen LogP contribution in [0.4, 0.5) is 10.5 Å². The summed E-state index contributed by atoms with van der Waals surface area (Å²) in [6.07, 6.45) is -0.464. The number of carbonyl (C=O) groups excluding carboxylic acids is 1. The third kappa shape index (κ3) is 1.57. The molecule has 1 aromatic carbocycles. The Bertz CT molecular complexity index is 942. The van der Waals surface area contributed by atoms with E-state index in [9.17, 15) is 15.0 Å². The van der Waals surface area contributed by atoms with Gasteiger partial charge in [0, 0.05) is 31.3 Å². The van der Waals surface area contributed by atoms with Crippen LogP contribution in [0.25, 0.3) is 23.4 Å². The molecule has 8 nitrogen and oxygen atoms in total. The average molecular weight is 302 g/mol. The number of aryl methyl sites for hydroxylation is 1. The molecular weight excluding hydrogens is 288 g/mol. The second kappa shape index (κ2) is 4.06. The van der Waals surface area contributed by atoms with Gasteiger partial charge in [-0.1, -0.05) is 6.58 Å². The lowest BCUT2D eigenvalue weighted by molar-refractivity contribution is 0.200. The highest BCUT2D eigenvalue weighted by Gasteiger charge is 2.29. The molecule has 22 heavy (non-hydrogen) atoms. The highest BCUT2D eigenvalue weighted by atomic mass is 16.5. The van der Waals surface area contributed by atoms with Gasteiger partial charge in [0.15, 0.2) is 22.7 Å². The Morgan fingerprint density at radius 3 is 2.64 bits per heavy atom. The molecule has 1 aromatic heterocycles. The molecule has 2 aromatic rings. The standard InChI is InChI=1S/C14H14N4O4/c1-6-9(17-4-5-17)12(20)8-10(11(6)19)18-3-2-7(13(18)16-8)22-14(15)21/h19-20H,1-5H2,(H2,15,21). The Kier molecular flexibility index (Phi) is 2.37. The van der Waals surface area contributed by atoms with Crippen molar-refractivity contribution in [3.8, 4) is 11.5 Å². The highest BCUT2D eigenvalue weighted by Crippen LogP contribution is 2.37. The number of aromatic hydroxyl groups is 2. The summed E-state index contributed by atoms with van der Waals surface area (Å²) in [6, 6.07) is 0. The average Bonchev–Trinajstić information content (AvgIpc) is 3.09. The van der Waals surface area contributed by atoms with Gasteiger partial charge in [0.1, 0.15) is 11.0 Å². The molecule has 8 heteroatoms. The smallest absolute Gasteiger partial charge is 0.409 e. The van der Waals surface area contributed by atoms with Crippen LogP contribution >= 0.6 is 0 Å². The second-order valence-electron chi connectivity index (χ2n) is 5.39. The molecule has 0 spiro atoms. The molecule has 0 unspecified atom stereocenters. The molecule has 1 fully saturated rings. The summed E-state index contributed by atoms with van der Waals surface area (Å²) >= 11 is 0. The Balaban J connectivity index is 2.08. The molecule has 2 aliphatic heterocycles. The number of hydrogen-bond acceptors (Lipinski definition) is 6.